The van der Waals surface area contributed by atoms with Gasteiger partial charge in [0.15, 0.2) is 23.4 Å². The number of fused-ring (bicyclic) bond motifs is 1. The molecule has 1 heterocycles. The van der Waals surface area contributed by atoms with Crippen LogP contribution < -0.4 is 14.2 Å². The molecule has 9 heteroatoms. The molecule has 2 aromatic carbocycles. The van der Waals surface area contributed by atoms with Gasteiger partial charge in [-0.15, -0.1) is 0 Å². The first-order valence-electron chi connectivity index (χ1n) is 8.50. The van der Waals surface area contributed by atoms with E-state index in [-0.39, 0.29) is 21.9 Å². The Morgan fingerprint density at radius 3 is 2.32 bits per heavy atom. The third-order valence-corrected chi connectivity index (χ3v) is 5.43. The van der Waals surface area contributed by atoms with Crippen LogP contribution in [0.2, 0.25) is 0 Å². The van der Waals surface area contributed by atoms with Gasteiger partial charge >= 0.3 is 5.97 Å². The van der Waals surface area contributed by atoms with Crippen LogP contribution in [0.5, 0.6) is 11.5 Å². The molecular formula is C19H19NO7S. The minimum Gasteiger partial charge on any atom is -0.486 e. The molecule has 0 bridgehead atoms. The highest BCUT2D eigenvalue weighted by Crippen LogP contribution is 2.32. The van der Waals surface area contributed by atoms with Crippen molar-refractivity contribution in [2.45, 2.75) is 24.8 Å². The Bertz CT molecular complexity index is 999. The Kier molecular flexibility index (Phi) is 5.55. The molecule has 1 aliphatic rings. The molecule has 1 aliphatic heterocycles. The summed E-state index contributed by atoms with van der Waals surface area (Å²) in [6, 6.07) is 10.1. The SMILES string of the molecule is CC(=O)C(C)OC(=O)c1ccc(NS(=O)(=O)c2ccc3c(c2)OCCO3)cc1. The van der Waals surface area contributed by atoms with E-state index in [4.69, 9.17) is 14.2 Å². The van der Waals surface area contributed by atoms with Crippen LogP contribution in [-0.2, 0) is 19.6 Å². The minimum absolute atomic E-state index is 0.0236. The van der Waals surface area contributed by atoms with Crippen molar-refractivity contribution in [3.8, 4) is 11.5 Å². The lowest BCUT2D eigenvalue weighted by molar-refractivity contribution is -0.124. The summed E-state index contributed by atoms with van der Waals surface area (Å²) >= 11 is 0. The summed E-state index contributed by atoms with van der Waals surface area (Å²) in [7, 11) is -3.86. The molecule has 0 saturated heterocycles. The summed E-state index contributed by atoms with van der Waals surface area (Å²) in [6.45, 7) is 3.57. The second-order valence-corrected chi connectivity index (χ2v) is 7.83. The van der Waals surface area contributed by atoms with E-state index in [0.29, 0.717) is 24.7 Å². The van der Waals surface area contributed by atoms with Gasteiger partial charge in [-0.25, -0.2) is 13.2 Å². The quantitative estimate of drug-likeness (QED) is 0.735. The third kappa shape index (κ3) is 4.42. The van der Waals surface area contributed by atoms with Crippen LogP contribution in [0.3, 0.4) is 0 Å². The Morgan fingerprint density at radius 2 is 1.68 bits per heavy atom. The van der Waals surface area contributed by atoms with Gasteiger partial charge < -0.3 is 14.2 Å². The standard InChI is InChI=1S/C19H19NO7S/c1-12(21)13(2)27-19(22)14-3-5-15(6-4-14)20-28(23,24)16-7-8-17-18(11-16)26-10-9-25-17/h3-8,11,13,20H,9-10H2,1-2H3. The van der Waals surface area contributed by atoms with Gasteiger partial charge in [0.25, 0.3) is 10.0 Å². The summed E-state index contributed by atoms with van der Waals surface area (Å²) in [5.41, 5.74) is 0.474. The van der Waals surface area contributed by atoms with E-state index in [9.17, 15) is 18.0 Å². The van der Waals surface area contributed by atoms with Gasteiger partial charge in [-0.1, -0.05) is 0 Å². The van der Waals surface area contributed by atoms with Crippen LogP contribution in [0.4, 0.5) is 5.69 Å². The molecule has 0 saturated carbocycles. The van der Waals surface area contributed by atoms with Gasteiger partial charge in [-0.2, -0.15) is 0 Å². The molecule has 0 aliphatic carbocycles. The number of hydrogen-bond acceptors (Lipinski definition) is 7. The van der Waals surface area contributed by atoms with Crippen molar-refractivity contribution in [1.29, 1.82) is 0 Å². The van der Waals surface area contributed by atoms with Crippen molar-refractivity contribution in [2.75, 3.05) is 17.9 Å². The Balaban J connectivity index is 1.72. The van der Waals surface area contributed by atoms with Crippen LogP contribution in [-0.4, -0.2) is 39.5 Å². The Labute approximate surface area is 162 Å². The lowest BCUT2D eigenvalue weighted by atomic mass is 10.2. The molecule has 148 valence electrons. The highest BCUT2D eigenvalue weighted by Gasteiger charge is 2.20. The molecule has 3 rings (SSSR count). The maximum Gasteiger partial charge on any atom is 0.338 e. The zero-order valence-electron chi connectivity index (χ0n) is 15.3. The number of carbonyl (C=O) groups excluding carboxylic acids is 2. The zero-order valence-corrected chi connectivity index (χ0v) is 16.1. The number of ketones is 1. The largest absolute Gasteiger partial charge is 0.486 e. The number of benzene rings is 2. The lowest BCUT2D eigenvalue weighted by Crippen LogP contribution is -2.21. The van der Waals surface area contributed by atoms with Crippen molar-refractivity contribution in [3.63, 3.8) is 0 Å². The third-order valence-electron chi connectivity index (χ3n) is 4.05. The Hall–Kier alpha value is -3.07. The number of anilines is 1. The number of sulfonamides is 1. The molecule has 28 heavy (non-hydrogen) atoms. The van der Waals surface area contributed by atoms with Crippen LogP contribution in [0, 0.1) is 0 Å². The predicted molar refractivity (Wildman–Crippen MR) is 100 cm³/mol. The number of rotatable bonds is 6. The van der Waals surface area contributed by atoms with Gasteiger partial charge in [0.1, 0.15) is 13.2 Å². The van der Waals surface area contributed by atoms with E-state index in [0.717, 1.165) is 0 Å². The highest BCUT2D eigenvalue weighted by atomic mass is 32.2. The summed E-state index contributed by atoms with van der Waals surface area (Å²) in [5, 5.41) is 0. The van der Waals surface area contributed by atoms with Gasteiger partial charge in [-0.05, 0) is 50.2 Å². The molecule has 0 spiro atoms. The fraction of sp³-hybridized carbons (Fsp3) is 0.263. The summed E-state index contributed by atoms with van der Waals surface area (Å²) in [6.07, 6.45) is -0.846. The lowest BCUT2D eigenvalue weighted by Gasteiger charge is -2.19. The predicted octanol–water partition coefficient (Wildman–Crippen LogP) is 2.39. The summed E-state index contributed by atoms with van der Waals surface area (Å²) in [4.78, 5) is 23.2. The number of carbonyl (C=O) groups is 2. The van der Waals surface area contributed by atoms with Crippen molar-refractivity contribution in [3.05, 3.63) is 48.0 Å². The first-order chi connectivity index (χ1) is 13.3. The van der Waals surface area contributed by atoms with E-state index in [1.165, 1.54) is 50.2 Å². The maximum absolute atomic E-state index is 12.6. The first-order valence-corrected chi connectivity index (χ1v) is 9.98. The van der Waals surface area contributed by atoms with Crippen molar-refractivity contribution < 1.29 is 32.2 Å². The molecule has 0 aromatic heterocycles. The van der Waals surface area contributed by atoms with E-state index in [1.54, 1.807) is 6.07 Å². The van der Waals surface area contributed by atoms with Crippen LogP contribution in [0.15, 0.2) is 47.4 Å². The van der Waals surface area contributed by atoms with Gasteiger partial charge in [0.2, 0.25) is 0 Å². The second-order valence-electron chi connectivity index (χ2n) is 6.15. The normalized spacial score (nSPS) is 14.1. The summed E-state index contributed by atoms with van der Waals surface area (Å²) < 4.78 is 43.4. The number of nitrogens with one attached hydrogen (secondary N) is 1. The first kappa shape index (κ1) is 19.7. The molecular weight excluding hydrogens is 386 g/mol. The number of hydrogen-bond donors (Lipinski definition) is 1. The molecule has 0 fully saturated rings. The van der Waals surface area contributed by atoms with Crippen LogP contribution in [0.25, 0.3) is 0 Å². The molecule has 8 nitrogen and oxygen atoms in total. The van der Waals surface area contributed by atoms with Gasteiger partial charge in [-0.3, -0.25) is 9.52 Å². The average Bonchev–Trinajstić information content (AvgIpc) is 2.67. The molecule has 0 radical (unpaired) electrons. The highest BCUT2D eigenvalue weighted by molar-refractivity contribution is 7.92. The van der Waals surface area contributed by atoms with E-state index in [2.05, 4.69) is 4.72 Å². The Morgan fingerprint density at radius 1 is 1.04 bits per heavy atom. The van der Waals surface area contributed by atoms with E-state index >= 15 is 0 Å². The smallest absolute Gasteiger partial charge is 0.338 e. The van der Waals surface area contributed by atoms with Crippen LogP contribution >= 0.6 is 0 Å². The minimum atomic E-state index is -3.86. The maximum atomic E-state index is 12.6. The second kappa shape index (κ2) is 7.89. The van der Waals surface area contributed by atoms with Crippen LogP contribution in [0.1, 0.15) is 24.2 Å². The topological polar surface area (TPSA) is 108 Å². The monoisotopic (exact) mass is 405 g/mol. The zero-order chi connectivity index (χ0) is 20.3. The number of esters is 1. The van der Waals surface area contributed by atoms with E-state index in [1.807, 2.05) is 0 Å². The van der Waals surface area contributed by atoms with Crippen molar-refractivity contribution in [1.82, 2.24) is 0 Å². The molecule has 0 amide bonds. The number of Topliss-reactive ketones (excluding diaryl/α,β-unsaturated/α-hetero) is 1. The van der Waals surface area contributed by atoms with Crippen molar-refractivity contribution >= 4 is 27.5 Å². The molecule has 2 aromatic rings. The van der Waals surface area contributed by atoms with Crippen molar-refractivity contribution in [2.24, 2.45) is 0 Å². The fourth-order valence-corrected chi connectivity index (χ4v) is 3.46. The van der Waals surface area contributed by atoms with E-state index < -0.39 is 22.1 Å². The molecule has 1 atom stereocenters. The molecule has 1 unspecified atom stereocenters. The molecule has 1 N–H and O–H groups in total. The average molecular weight is 405 g/mol. The van der Waals surface area contributed by atoms with Gasteiger partial charge in [0, 0.05) is 11.8 Å². The summed E-state index contributed by atoms with van der Waals surface area (Å²) in [5.74, 6) is -0.0687. The fourth-order valence-electron chi connectivity index (χ4n) is 2.39. The number of ether oxygens (including phenoxy) is 3. The van der Waals surface area contributed by atoms with Gasteiger partial charge in [0.05, 0.1) is 10.5 Å².